The maximum Gasteiger partial charge on any atom is 0.471 e. The third-order valence-electron chi connectivity index (χ3n) is 3.44. The summed E-state index contributed by atoms with van der Waals surface area (Å²) in [5.74, 6) is -3.19. The Morgan fingerprint density at radius 3 is 2.00 bits per heavy atom. The van der Waals surface area contributed by atoms with E-state index in [0.29, 0.717) is 0 Å². The Bertz CT molecular complexity index is 876. The molecule has 28 heavy (non-hydrogen) atoms. The van der Waals surface area contributed by atoms with E-state index in [0.717, 1.165) is 43.5 Å². The van der Waals surface area contributed by atoms with Crippen molar-refractivity contribution in [2.45, 2.75) is 12.4 Å². The van der Waals surface area contributed by atoms with Gasteiger partial charge in [0.15, 0.2) is 0 Å². The minimum atomic E-state index is -5.15. The molecule has 0 aliphatic heterocycles. The standard InChI is InChI=1S/C17H12F6N2O3/c1-28-13-7-2-9(8-12(13)25-15(27)17(21,22)23)14(26)24-11-5-3-10(4-6-11)16(18,19)20/h2-8H,1H3,(H,24,26)(H,25,27). The van der Waals surface area contributed by atoms with E-state index in [2.05, 4.69) is 5.32 Å². The number of anilines is 2. The first kappa shape index (κ1) is 21.1. The molecule has 0 aliphatic rings. The van der Waals surface area contributed by atoms with Gasteiger partial charge in [0, 0.05) is 11.3 Å². The SMILES string of the molecule is COc1ccc(C(=O)Nc2ccc(C(F)(F)F)cc2)cc1NC(=O)C(F)(F)F. The van der Waals surface area contributed by atoms with Crippen LogP contribution in [0.2, 0.25) is 0 Å². The molecule has 0 unspecified atom stereocenters. The molecule has 0 spiro atoms. The highest BCUT2D eigenvalue weighted by Gasteiger charge is 2.39. The number of nitrogens with one attached hydrogen (secondary N) is 2. The lowest BCUT2D eigenvalue weighted by Gasteiger charge is -2.13. The second-order valence-corrected chi connectivity index (χ2v) is 5.40. The van der Waals surface area contributed by atoms with Crippen molar-refractivity contribution in [3.8, 4) is 5.75 Å². The number of ether oxygens (including phenoxy) is 1. The van der Waals surface area contributed by atoms with Crippen molar-refractivity contribution in [3.63, 3.8) is 0 Å². The summed E-state index contributed by atoms with van der Waals surface area (Å²) in [4.78, 5) is 23.3. The van der Waals surface area contributed by atoms with Crippen molar-refractivity contribution < 1.29 is 40.7 Å². The Labute approximate surface area is 154 Å². The average molecular weight is 406 g/mol. The third-order valence-corrected chi connectivity index (χ3v) is 3.44. The highest BCUT2D eigenvalue weighted by atomic mass is 19.4. The Hall–Kier alpha value is -3.24. The van der Waals surface area contributed by atoms with Gasteiger partial charge in [-0.25, -0.2) is 0 Å². The molecule has 0 bridgehead atoms. The Kier molecular flexibility index (Phi) is 5.86. The van der Waals surface area contributed by atoms with E-state index in [1.165, 1.54) is 6.07 Å². The zero-order valence-electron chi connectivity index (χ0n) is 14.0. The number of rotatable bonds is 4. The number of hydrogen-bond donors (Lipinski definition) is 2. The molecule has 0 radical (unpaired) electrons. The summed E-state index contributed by atoms with van der Waals surface area (Å²) in [6.45, 7) is 0. The largest absolute Gasteiger partial charge is 0.495 e. The first-order chi connectivity index (χ1) is 12.9. The van der Waals surface area contributed by atoms with Crippen molar-refractivity contribution in [3.05, 3.63) is 53.6 Å². The third kappa shape index (κ3) is 5.15. The lowest BCUT2D eigenvalue weighted by molar-refractivity contribution is -0.167. The maximum atomic E-state index is 12.5. The van der Waals surface area contributed by atoms with Crippen LogP contribution in [0.25, 0.3) is 0 Å². The molecule has 2 rings (SSSR count). The molecule has 2 aromatic carbocycles. The average Bonchev–Trinajstić information content (AvgIpc) is 2.60. The number of alkyl halides is 6. The molecule has 0 saturated heterocycles. The van der Waals surface area contributed by atoms with Crippen LogP contribution in [0.15, 0.2) is 42.5 Å². The van der Waals surface area contributed by atoms with Gasteiger partial charge in [0.25, 0.3) is 5.91 Å². The zero-order valence-corrected chi connectivity index (χ0v) is 14.0. The fourth-order valence-electron chi connectivity index (χ4n) is 2.09. The van der Waals surface area contributed by atoms with E-state index in [1.807, 2.05) is 0 Å². The normalized spacial score (nSPS) is 11.7. The van der Waals surface area contributed by atoms with Crippen LogP contribution in [-0.2, 0) is 11.0 Å². The van der Waals surface area contributed by atoms with Crippen LogP contribution in [0.1, 0.15) is 15.9 Å². The van der Waals surface area contributed by atoms with Crippen molar-refractivity contribution in [2.75, 3.05) is 17.7 Å². The fraction of sp³-hybridized carbons (Fsp3) is 0.176. The van der Waals surface area contributed by atoms with Gasteiger partial charge in [-0.05, 0) is 42.5 Å². The molecule has 2 amide bonds. The van der Waals surface area contributed by atoms with Crippen LogP contribution in [-0.4, -0.2) is 25.1 Å². The summed E-state index contributed by atoms with van der Waals surface area (Å²) >= 11 is 0. The van der Waals surface area contributed by atoms with E-state index in [1.54, 1.807) is 5.32 Å². The van der Waals surface area contributed by atoms with Crippen molar-refractivity contribution in [1.82, 2.24) is 0 Å². The monoisotopic (exact) mass is 406 g/mol. The quantitative estimate of drug-likeness (QED) is 0.737. The molecule has 150 valence electrons. The number of carbonyl (C=O) groups is 2. The lowest BCUT2D eigenvalue weighted by Crippen LogP contribution is -2.30. The number of halogens is 6. The van der Waals surface area contributed by atoms with Crippen LogP contribution >= 0.6 is 0 Å². The fourth-order valence-corrected chi connectivity index (χ4v) is 2.09. The smallest absolute Gasteiger partial charge is 0.471 e. The second kappa shape index (κ2) is 7.79. The van der Waals surface area contributed by atoms with Crippen molar-refractivity contribution in [2.24, 2.45) is 0 Å². The van der Waals surface area contributed by atoms with Gasteiger partial charge < -0.3 is 15.4 Å². The van der Waals surface area contributed by atoms with Crippen LogP contribution in [0.4, 0.5) is 37.7 Å². The number of carbonyl (C=O) groups excluding carboxylic acids is 2. The molecule has 0 aliphatic carbocycles. The molecular formula is C17H12F6N2O3. The molecule has 0 atom stereocenters. The molecule has 0 saturated carbocycles. The summed E-state index contributed by atoms with van der Waals surface area (Å²) in [6.07, 6.45) is -9.69. The first-order valence-corrected chi connectivity index (χ1v) is 7.46. The van der Waals surface area contributed by atoms with Gasteiger partial charge in [-0.3, -0.25) is 9.59 Å². The number of amides is 2. The van der Waals surface area contributed by atoms with Crippen LogP contribution in [0.3, 0.4) is 0 Å². The van der Waals surface area contributed by atoms with Gasteiger partial charge in [-0.15, -0.1) is 0 Å². The lowest BCUT2D eigenvalue weighted by atomic mass is 10.1. The Morgan fingerprint density at radius 2 is 1.50 bits per heavy atom. The molecule has 11 heteroatoms. The Balaban J connectivity index is 2.21. The number of hydrogen-bond acceptors (Lipinski definition) is 3. The summed E-state index contributed by atoms with van der Waals surface area (Å²) in [6, 6.07) is 6.89. The van der Waals surface area contributed by atoms with Crippen LogP contribution in [0.5, 0.6) is 5.75 Å². The molecule has 0 heterocycles. The van der Waals surface area contributed by atoms with Crippen LogP contribution in [0, 0.1) is 0 Å². The van der Waals surface area contributed by atoms with Gasteiger partial charge in [0.1, 0.15) is 5.75 Å². The molecule has 0 fully saturated rings. The summed E-state index contributed by atoms with van der Waals surface area (Å²) in [5.41, 5.74) is -1.43. The van der Waals surface area contributed by atoms with E-state index in [4.69, 9.17) is 4.74 Å². The summed E-state index contributed by atoms with van der Waals surface area (Å²) in [7, 11) is 1.15. The molecule has 2 aromatic rings. The van der Waals surface area contributed by atoms with E-state index < -0.39 is 35.4 Å². The number of methoxy groups -OCH3 is 1. The van der Waals surface area contributed by atoms with Gasteiger partial charge in [0.2, 0.25) is 0 Å². The minimum Gasteiger partial charge on any atom is -0.495 e. The topological polar surface area (TPSA) is 67.4 Å². The van der Waals surface area contributed by atoms with Crippen LogP contribution < -0.4 is 15.4 Å². The maximum absolute atomic E-state index is 12.5. The Morgan fingerprint density at radius 1 is 0.893 bits per heavy atom. The minimum absolute atomic E-state index is 0.0368. The van der Waals surface area contributed by atoms with Gasteiger partial charge >= 0.3 is 18.3 Å². The van der Waals surface area contributed by atoms with Gasteiger partial charge in [0.05, 0.1) is 18.4 Å². The summed E-state index contributed by atoms with van der Waals surface area (Å²) in [5, 5.41) is 3.89. The van der Waals surface area contributed by atoms with E-state index >= 15 is 0 Å². The summed E-state index contributed by atoms with van der Waals surface area (Å²) < 4.78 is 79.7. The van der Waals surface area contributed by atoms with Crippen molar-refractivity contribution in [1.29, 1.82) is 0 Å². The molecule has 2 N–H and O–H groups in total. The second-order valence-electron chi connectivity index (χ2n) is 5.40. The number of benzene rings is 2. The van der Waals surface area contributed by atoms with E-state index in [-0.39, 0.29) is 17.0 Å². The highest BCUT2D eigenvalue weighted by molar-refractivity contribution is 6.06. The predicted molar refractivity (Wildman–Crippen MR) is 87.1 cm³/mol. The molecule has 0 aromatic heterocycles. The van der Waals surface area contributed by atoms with E-state index in [9.17, 15) is 35.9 Å². The predicted octanol–water partition coefficient (Wildman–Crippen LogP) is 4.47. The molecular weight excluding hydrogens is 394 g/mol. The zero-order chi connectivity index (χ0) is 21.1. The van der Waals surface area contributed by atoms with Gasteiger partial charge in [-0.2, -0.15) is 26.3 Å². The van der Waals surface area contributed by atoms with Gasteiger partial charge in [-0.1, -0.05) is 0 Å². The first-order valence-electron chi connectivity index (χ1n) is 7.46. The van der Waals surface area contributed by atoms with Crippen molar-refractivity contribution >= 4 is 23.2 Å². The molecule has 5 nitrogen and oxygen atoms in total. The highest BCUT2D eigenvalue weighted by Crippen LogP contribution is 2.30.